The molecule has 0 radical (unpaired) electrons. The average molecular weight is 393 g/mol. The Morgan fingerprint density at radius 3 is 2.79 bits per heavy atom. The topological polar surface area (TPSA) is 80.6 Å². The quantitative estimate of drug-likeness (QED) is 0.317. The predicted octanol–water partition coefficient (Wildman–Crippen LogP) is 2.14. The number of benzene rings is 1. The zero-order chi connectivity index (χ0) is 17.9. The van der Waals surface area contributed by atoms with Crippen molar-refractivity contribution in [2.75, 3.05) is 34.0 Å². The van der Waals surface area contributed by atoms with Crippen LogP contribution in [0.4, 0.5) is 0 Å². The van der Waals surface area contributed by atoms with Crippen molar-refractivity contribution in [3.8, 4) is 29.9 Å². The van der Waals surface area contributed by atoms with Crippen molar-refractivity contribution < 1.29 is 19.0 Å². The van der Waals surface area contributed by atoms with E-state index in [9.17, 15) is 10.1 Å². The minimum absolute atomic E-state index is 0.0285. The third-order valence-electron chi connectivity index (χ3n) is 2.82. The van der Waals surface area contributed by atoms with Crippen molar-refractivity contribution in [2.24, 2.45) is 0 Å². The van der Waals surface area contributed by atoms with E-state index in [0.29, 0.717) is 34.7 Å². The minimum Gasteiger partial charge on any atom is -0.493 e. The lowest BCUT2D eigenvalue weighted by atomic mass is 10.1. The number of carbonyl (C=O) groups excluding carboxylic acids is 1. The maximum absolute atomic E-state index is 12.0. The molecule has 0 atom stereocenters. The maximum Gasteiger partial charge on any atom is 0.262 e. The highest BCUT2D eigenvalue weighted by Gasteiger charge is 2.15. The summed E-state index contributed by atoms with van der Waals surface area (Å²) in [6.45, 7) is 0.684. The molecule has 1 aromatic carbocycles. The Labute approximate surface area is 149 Å². The zero-order valence-corrected chi connectivity index (χ0v) is 15.0. The number of hydrogen-bond donors (Lipinski definition) is 1. The first-order valence-electron chi connectivity index (χ1n) is 6.90. The normalized spacial score (nSPS) is 10.5. The average Bonchev–Trinajstić information content (AvgIpc) is 2.58. The van der Waals surface area contributed by atoms with Gasteiger partial charge < -0.3 is 19.5 Å². The van der Waals surface area contributed by atoms with Crippen molar-refractivity contribution in [1.82, 2.24) is 5.32 Å². The molecule has 0 saturated carbocycles. The van der Waals surface area contributed by atoms with E-state index >= 15 is 0 Å². The van der Waals surface area contributed by atoms with Crippen LogP contribution in [0.1, 0.15) is 5.56 Å². The smallest absolute Gasteiger partial charge is 0.262 e. The van der Waals surface area contributed by atoms with Gasteiger partial charge in [-0.05, 0) is 18.2 Å². The molecule has 0 unspecified atom stereocenters. The summed E-state index contributed by atoms with van der Waals surface area (Å²) in [4.78, 5) is 12.0. The number of terminal acetylenes is 1. The van der Waals surface area contributed by atoms with Gasteiger partial charge in [0.2, 0.25) is 0 Å². The summed E-state index contributed by atoms with van der Waals surface area (Å²) in [6, 6.07) is 5.28. The largest absolute Gasteiger partial charge is 0.493 e. The predicted molar refractivity (Wildman–Crippen MR) is 93.5 cm³/mol. The third kappa shape index (κ3) is 5.62. The summed E-state index contributed by atoms with van der Waals surface area (Å²) in [5.41, 5.74) is 0.423. The third-order valence-corrected chi connectivity index (χ3v) is 3.28. The molecular weight excluding hydrogens is 376 g/mol. The van der Waals surface area contributed by atoms with Crippen LogP contribution in [-0.2, 0) is 9.53 Å². The van der Waals surface area contributed by atoms with Gasteiger partial charge in [0.1, 0.15) is 18.2 Å². The van der Waals surface area contributed by atoms with Crippen LogP contribution in [0.3, 0.4) is 0 Å². The van der Waals surface area contributed by atoms with Crippen LogP contribution in [0.5, 0.6) is 11.5 Å². The van der Waals surface area contributed by atoms with Crippen LogP contribution in [0.2, 0.25) is 0 Å². The van der Waals surface area contributed by atoms with E-state index in [2.05, 4.69) is 27.2 Å². The molecule has 7 heteroatoms. The molecule has 0 aliphatic carbocycles. The molecule has 0 fully saturated rings. The van der Waals surface area contributed by atoms with Gasteiger partial charge in [0, 0.05) is 23.7 Å². The lowest BCUT2D eigenvalue weighted by molar-refractivity contribution is -0.117. The zero-order valence-electron chi connectivity index (χ0n) is 13.4. The summed E-state index contributed by atoms with van der Waals surface area (Å²) in [6.07, 6.45) is 6.64. The van der Waals surface area contributed by atoms with Gasteiger partial charge >= 0.3 is 0 Å². The number of hydrogen-bond acceptors (Lipinski definition) is 5. The molecule has 126 valence electrons. The molecule has 0 saturated heterocycles. The Morgan fingerprint density at radius 2 is 2.21 bits per heavy atom. The molecule has 0 aliphatic rings. The highest BCUT2D eigenvalue weighted by Crippen LogP contribution is 2.36. The van der Waals surface area contributed by atoms with Crippen molar-refractivity contribution in [1.29, 1.82) is 5.26 Å². The number of halogens is 1. The number of nitrogens with one attached hydrogen (secondary N) is 1. The molecule has 0 aromatic heterocycles. The summed E-state index contributed by atoms with van der Waals surface area (Å²) in [5.74, 6) is 2.65. The van der Waals surface area contributed by atoms with Gasteiger partial charge in [-0.3, -0.25) is 4.79 Å². The second-order valence-electron chi connectivity index (χ2n) is 4.44. The second-order valence-corrected chi connectivity index (χ2v) is 5.35. The molecule has 6 nitrogen and oxygen atoms in total. The first-order valence-corrected chi connectivity index (χ1v) is 7.69. The van der Waals surface area contributed by atoms with Crippen LogP contribution in [0, 0.1) is 23.7 Å². The number of methoxy groups -OCH3 is 2. The van der Waals surface area contributed by atoms with E-state index in [-0.39, 0.29) is 12.2 Å². The second kappa shape index (κ2) is 10.3. The number of ether oxygens (including phenoxy) is 3. The SMILES string of the molecule is C#CCOc1c(/C=C(\C#N)C(=O)NCCOC)cc(Br)cc1OC. The molecule has 0 aliphatic heterocycles. The number of rotatable bonds is 8. The van der Waals surface area contributed by atoms with Crippen molar-refractivity contribution >= 4 is 27.9 Å². The Balaban J connectivity index is 3.22. The minimum atomic E-state index is -0.503. The molecule has 0 bridgehead atoms. The van der Waals surface area contributed by atoms with Crippen LogP contribution < -0.4 is 14.8 Å². The number of nitriles is 1. The highest BCUT2D eigenvalue weighted by atomic mass is 79.9. The number of amides is 1. The maximum atomic E-state index is 12.0. The Kier molecular flexibility index (Phi) is 8.42. The lowest BCUT2D eigenvalue weighted by Gasteiger charge is -2.13. The number of nitrogens with zero attached hydrogens (tertiary/aromatic N) is 1. The van der Waals surface area contributed by atoms with Crippen LogP contribution >= 0.6 is 15.9 Å². The molecule has 1 amide bonds. The van der Waals surface area contributed by atoms with Gasteiger partial charge in [-0.1, -0.05) is 21.9 Å². The first-order chi connectivity index (χ1) is 11.6. The van der Waals surface area contributed by atoms with Gasteiger partial charge in [0.05, 0.1) is 13.7 Å². The monoisotopic (exact) mass is 392 g/mol. The fourth-order valence-corrected chi connectivity index (χ4v) is 2.24. The lowest BCUT2D eigenvalue weighted by Crippen LogP contribution is -2.27. The van der Waals surface area contributed by atoms with E-state index in [0.717, 1.165) is 0 Å². The van der Waals surface area contributed by atoms with E-state index < -0.39 is 5.91 Å². The molecule has 1 aromatic rings. The standard InChI is InChI=1S/C17H17BrN2O4/c1-4-6-24-16-12(9-14(18)10-15(16)23-3)8-13(11-19)17(21)20-5-7-22-2/h1,8-10H,5-7H2,2-3H3,(H,20,21)/b13-8+. The van der Waals surface area contributed by atoms with Gasteiger partial charge in [-0.25, -0.2) is 0 Å². The van der Waals surface area contributed by atoms with Gasteiger partial charge in [-0.2, -0.15) is 5.26 Å². The Morgan fingerprint density at radius 1 is 1.46 bits per heavy atom. The van der Waals surface area contributed by atoms with Gasteiger partial charge in [0.25, 0.3) is 5.91 Å². The summed E-state index contributed by atoms with van der Waals surface area (Å²) < 4.78 is 16.3. The Bertz CT molecular complexity index is 702. The van der Waals surface area contributed by atoms with E-state index in [1.54, 1.807) is 12.1 Å². The van der Waals surface area contributed by atoms with Crippen LogP contribution in [0.25, 0.3) is 6.08 Å². The molecule has 1 N–H and O–H groups in total. The molecule has 24 heavy (non-hydrogen) atoms. The molecule has 0 heterocycles. The van der Waals surface area contributed by atoms with Crippen LogP contribution in [0.15, 0.2) is 22.2 Å². The molecule has 1 rings (SSSR count). The van der Waals surface area contributed by atoms with Gasteiger partial charge in [0.15, 0.2) is 11.5 Å². The molecular formula is C17H17BrN2O4. The summed E-state index contributed by atoms with van der Waals surface area (Å²) in [5, 5.41) is 11.8. The van der Waals surface area contributed by atoms with Crippen molar-refractivity contribution in [3.05, 3.63) is 27.7 Å². The Hall–Kier alpha value is -2.48. The highest BCUT2D eigenvalue weighted by molar-refractivity contribution is 9.10. The van der Waals surface area contributed by atoms with Crippen molar-refractivity contribution in [2.45, 2.75) is 0 Å². The van der Waals surface area contributed by atoms with Crippen LogP contribution in [-0.4, -0.2) is 39.9 Å². The first kappa shape index (κ1) is 19.6. The van der Waals surface area contributed by atoms with E-state index in [4.69, 9.17) is 20.6 Å². The number of carbonyl (C=O) groups is 1. The van der Waals surface area contributed by atoms with E-state index in [1.807, 2.05) is 6.07 Å². The summed E-state index contributed by atoms with van der Waals surface area (Å²) in [7, 11) is 3.01. The molecule has 0 spiro atoms. The van der Waals surface area contributed by atoms with Gasteiger partial charge in [-0.15, -0.1) is 6.42 Å². The van der Waals surface area contributed by atoms with E-state index in [1.165, 1.54) is 20.3 Å². The fraction of sp³-hybridized carbons (Fsp3) is 0.294. The fourth-order valence-electron chi connectivity index (χ4n) is 1.78. The summed E-state index contributed by atoms with van der Waals surface area (Å²) >= 11 is 3.35. The van der Waals surface area contributed by atoms with Crippen molar-refractivity contribution in [3.63, 3.8) is 0 Å².